The van der Waals surface area contributed by atoms with E-state index in [2.05, 4.69) is 0 Å². The number of benzene rings is 1. The molecule has 0 radical (unpaired) electrons. The molecule has 5 heteroatoms. The maximum Gasteiger partial charge on any atom is 0.161 e. The first-order valence-corrected chi connectivity index (χ1v) is 5.09. The molecule has 86 valence electrons. The number of hydrogen-bond acceptors (Lipinski definition) is 1. The van der Waals surface area contributed by atoms with E-state index in [1.54, 1.807) is 0 Å². The Balaban J connectivity index is 2.39. The fourth-order valence-electron chi connectivity index (χ4n) is 1.82. The zero-order chi connectivity index (χ0) is 11.7. The molecule has 1 saturated heterocycles. The van der Waals surface area contributed by atoms with Gasteiger partial charge in [-0.3, -0.25) is 5.41 Å². The predicted molar refractivity (Wildman–Crippen MR) is 55.2 cm³/mol. The molecule has 0 saturated carbocycles. The molecule has 2 rings (SSSR count). The van der Waals surface area contributed by atoms with Gasteiger partial charge in [0.05, 0.1) is 5.69 Å². The molecule has 1 N–H and O–H groups in total. The molecule has 0 amide bonds. The van der Waals surface area contributed by atoms with Crippen molar-refractivity contribution in [3.05, 3.63) is 29.6 Å². The smallest absolute Gasteiger partial charge is 0.161 e. The minimum absolute atomic E-state index is 0.0522. The molecule has 1 aromatic carbocycles. The van der Waals surface area contributed by atoms with Crippen molar-refractivity contribution < 1.29 is 13.2 Å². The van der Waals surface area contributed by atoms with E-state index in [-0.39, 0.29) is 11.5 Å². The molecule has 1 heterocycles. The molecule has 1 aliphatic rings. The van der Waals surface area contributed by atoms with Crippen LogP contribution in [0.3, 0.4) is 0 Å². The molecule has 0 atom stereocenters. The second kappa shape index (κ2) is 4.15. The Labute approximate surface area is 91.2 Å². The van der Waals surface area contributed by atoms with Crippen molar-refractivity contribution in [3.8, 4) is 0 Å². The summed E-state index contributed by atoms with van der Waals surface area (Å²) < 4.78 is 39.2. The van der Waals surface area contributed by atoms with E-state index in [1.165, 1.54) is 4.90 Å². The Morgan fingerprint density at radius 1 is 1.00 bits per heavy atom. The van der Waals surface area contributed by atoms with E-state index in [9.17, 15) is 13.2 Å². The monoisotopic (exact) mass is 228 g/mol. The van der Waals surface area contributed by atoms with Crippen molar-refractivity contribution in [2.75, 3.05) is 11.4 Å². The lowest BCUT2D eigenvalue weighted by Crippen LogP contribution is -2.35. The molecule has 1 aliphatic heterocycles. The van der Waals surface area contributed by atoms with Crippen LogP contribution in [0, 0.1) is 22.9 Å². The number of halogens is 3. The van der Waals surface area contributed by atoms with Crippen LogP contribution in [0.1, 0.15) is 19.3 Å². The zero-order valence-electron chi connectivity index (χ0n) is 8.56. The van der Waals surface area contributed by atoms with E-state index >= 15 is 0 Å². The third-order valence-electron chi connectivity index (χ3n) is 2.65. The summed E-state index contributed by atoms with van der Waals surface area (Å²) in [5.41, 5.74) is -0.0522. The summed E-state index contributed by atoms with van der Waals surface area (Å²) in [7, 11) is 0. The van der Waals surface area contributed by atoms with Gasteiger partial charge in [0.15, 0.2) is 11.6 Å². The summed E-state index contributed by atoms with van der Waals surface area (Å²) in [5.74, 6) is -2.87. The van der Waals surface area contributed by atoms with Crippen LogP contribution in [0.4, 0.5) is 18.9 Å². The second-order valence-electron chi connectivity index (χ2n) is 3.77. The molecule has 1 fully saturated rings. The van der Waals surface area contributed by atoms with Gasteiger partial charge in [0.1, 0.15) is 11.7 Å². The molecular formula is C11H11F3N2. The largest absolute Gasteiger partial charge is 0.328 e. The summed E-state index contributed by atoms with van der Waals surface area (Å²) in [4.78, 5) is 1.39. The Kier molecular flexibility index (Phi) is 2.85. The summed E-state index contributed by atoms with van der Waals surface area (Å²) in [5, 5.41) is 7.65. The standard InChI is InChI=1S/C11H11F3N2/c12-7-5-9(14)10(6-8(7)13)16-4-2-1-3-11(16)15/h5-6,15H,1-4H2. The van der Waals surface area contributed by atoms with Gasteiger partial charge in [-0.15, -0.1) is 0 Å². The summed E-state index contributed by atoms with van der Waals surface area (Å²) >= 11 is 0. The van der Waals surface area contributed by atoms with Crippen molar-refractivity contribution in [3.63, 3.8) is 0 Å². The SMILES string of the molecule is N=C1CCCCN1c1cc(F)c(F)cc1F. The van der Waals surface area contributed by atoms with Crippen LogP contribution >= 0.6 is 0 Å². The van der Waals surface area contributed by atoms with Crippen LogP contribution in [-0.4, -0.2) is 12.4 Å². The van der Waals surface area contributed by atoms with Gasteiger partial charge < -0.3 is 4.90 Å². The Hall–Kier alpha value is -1.52. The van der Waals surface area contributed by atoms with Crippen LogP contribution in [-0.2, 0) is 0 Å². The number of amidine groups is 1. The van der Waals surface area contributed by atoms with Crippen LogP contribution in [0.15, 0.2) is 12.1 Å². The van der Waals surface area contributed by atoms with E-state index in [1.807, 2.05) is 0 Å². The predicted octanol–water partition coefficient (Wildman–Crippen LogP) is 3.07. The van der Waals surface area contributed by atoms with Crippen molar-refractivity contribution in [1.29, 1.82) is 5.41 Å². The lowest BCUT2D eigenvalue weighted by Gasteiger charge is -2.29. The molecule has 16 heavy (non-hydrogen) atoms. The van der Waals surface area contributed by atoms with Gasteiger partial charge >= 0.3 is 0 Å². The average Bonchev–Trinajstić information content (AvgIpc) is 2.25. The number of piperidine rings is 1. The number of hydrogen-bond donors (Lipinski definition) is 1. The first-order valence-electron chi connectivity index (χ1n) is 5.09. The van der Waals surface area contributed by atoms with Gasteiger partial charge in [-0.2, -0.15) is 0 Å². The summed E-state index contributed by atoms with van der Waals surface area (Å²) in [6, 6.07) is 1.33. The molecular weight excluding hydrogens is 217 g/mol. The topological polar surface area (TPSA) is 27.1 Å². The third-order valence-corrected chi connectivity index (χ3v) is 2.65. The van der Waals surface area contributed by atoms with Crippen LogP contribution in [0.25, 0.3) is 0 Å². The van der Waals surface area contributed by atoms with E-state index in [4.69, 9.17) is 5.41 Å². The molecule has 1 aromatic rings. The van der Waals surface area contributed by atoms with Gasteiger partial charge in [-0.1, -0.05) is 0 Å². The highest BCUT2D eigenvalue weighted by atomic mass is 19.2. The third kappa shape index (κ3) is 1.89. The number of anilines is 1. The Morgan fingerprint density at radius 2 is 1.69 bits per heavy atom. The first kappa shape index (κ1) is 11.0. The molecule has 2 nitrogen and oxygen atoms in total. The number of nitrogens with zero attached hydrogens (tertiary/aromatic N) is 1. The van der Waals surface area contributed by atoms with Crippen LogP contribution < -0.4 is 4.90 Å². The Bertz CT molecular complexity index is 431. The van der Waals surface area contributed by atoms with Gasteiger partial charge in [0.25, 0.3) is 0 Å². The van der Waals surface area contributed by atoms with Crippen molar-refractivity contribution in [2.45, 2.75) is 19.3 Å². The van der Waals surface area contributed by atoms with Gasteiger partial charge in [0, 0.05) is 25.1 Å². The average molecular weight is 228 g/mol. The fourth-order valence-corrected chi connectivity index (χ4v) is 1.82. The minimum Gasteiger partial charge on any atom is -0.328 e. The molecule has 0 unspecified atom stereocenters. The van der Waals surface area contributed by atoms with Gasteiger partial charge in [-0.25, -0.2) is 13.2 Å². The lowest BCUT2D eigenvalue weighted by molar-refractivity contribution is 0.494. The van der Waals surface area contributed by atoms with E-state index in [0.717, 1.165) is 18.9 Å². The normalized spacial score (nSPS) is 16.7. The first-order chi connectivity index (χ1) is 7.59. The van der Waals surface area contributed by atoms with E-state index < -0.39 is 17.5 Å². The molecule has 0 bridgehead atoms. The highest BCUT2D eigenvalue weighted by Gasteiger charge is 2.21. The van der Waals surface area contributed by atoms with Gasteiger partial charge in [0.2, 0.25) is 0 Å². The summed E-state index contributed by atoms with van der Waals surface area (Å²) in [6.45, 7) is 0.473. The minimum atomic E-state index is -1.20. The second-order valence-corrected chi connectivity index (χ2v) is 3.77. The molecule has 0 spiro atoms. The zero-order valence-corrected chi connectivity index (χ0v) is 8.56. The Morgan fingerprint density at radius 3 is 2.38 bits per heavy atom. The molecule has 0 aromatic heterocycles. The van der Waals surface area contributed by atoms with Crippen molar-refractivity contribution >= 4 is 11.5 Å². The number of nitrogens with one attached hydrogen (secondary N) is 1. The van der Waals surface area contributed by atoms with Crippen molar-refractivity contribution in [2.24, 2.45) is 0 Å². The van der Waals surface area contributed by atoms with Crippen molar-refractivity contribution in [1.82, 2.24) is 0 Å². The highest BCUT2D eigenvalue weighted by Crippen LogP contribution is 2.26. The number of rotatable bonds is 1. The summed E-state index contributed by atoms with van der Waals surface area (Å²) in [6.07, 6.45) is 2.24. The lowest BCUT2D eigenvalue weighted by atomic mass is 10.1. The fraction of sp³-hybridized carbons (Fsp3) is 0.364. The quantitative estimate of drug-likeness (QED) is 0.735. The van der Waals surface area contributed by atoms with Gasteiger partial charge in [-0.05, 0) is 12.8 Å². The highest BCUT2D eigenvalue weighted by molar-refractivity contribution is 5.96. The van der Waals surface area contributed by atoms with Crippen LogP contribution in [0.2, 0.25) is 0 Å². The molecule has 0 aliphatic carbocycles. The van der Waals surface area contributed by atoms with Crippen LogP contribution in [0.5, 0.6) is 0 Å². The van der Waals surface area contributed by atoms with E-state index in [0.29, 0.717) is 19.0 Å². The maximum absolute atomic E-state index is 13.4. The maximum atomic E-state index is 13.4.